The van der Waals surface area contributed by atoms with Gasteiger partial charge in [0, 0.05) is 19.2 Å². The molecule has 0 heterocycles. The first-order valence-electron chi connectivity index (χ1n) is 4.20. The predicted molar refractivity (Wildman–Crippen MR) is 51.8 cm³/mol. The number of rotatable bonds is 3. The third-order valence-corrected chi connectivity index (χ3v) is 2.36. The number of likely N-dealkylation sites (N-methyl/N-ethyl adjacent to an activating group) is 2. The van der Waals surface area contributed by atoms with Gasteiger partial charge in [-0.05, 0) is 26.2 Å². The van der Waals surface area contributed by atoms with Crippen LogP contribution >= 0.6 is 0 Å². The van der Waals surface area contributed by atoms with Crippen molar-refractivity contribution in [2.45, 2.75) is 12.1 Å². The summed E-state index contributed by atoms with van der Waals surface area (Å²) in [5.41, 5.74) is 1.16. The minimum atomic E-state index is -0.0763. The molecule has 0 spiro atoms. The van der Waals surface area contributed by atoms with Crippen LogP contribution in [0.2, 0.25) is 0 Å². The summed E-state index contributed by atoms with van der Waals surface area (Å²) in [7, 11) is 5.86. The van der Waals surface area contributed by atoms with Gasteiger partial charge in [-0.3, -0.25) is 10.6 Å². The van der Waals surface area contributed by atoms with E-state index in [1.165, 1.54) is 5.70 Å². The van der Waals surface area contributed by atoms with E-state index in [9.17, 15) is 0 Å². The van der Waals surface area contributed by atoms with E-state index in [4.69, 9.17) is 0 Å². The average molecular weight is 167 g/mol. The summed E-state index contributed by atoms with van der Waals surface area (Å²) in [6.07, 6.45) is 7.23. The summed E-state index contributed by atoms with van der Waals surface area (Å²) in [5, 5.41) is 9.66. The zero-order valence-electron chi connectivity index (χ0n) is 7.94. The molecule has 0 aromatic carbocycles. The van der Waals surface area contributed by atoms with Crippen LogP contribution in [0.5, 0.6) is 0 Å². The summed E-state index contributed by atoms with van der Waals surface area (Å²) in [6.45, 7) is 0. The van der Waals surface area contributed by atoms with E-state index >= 15 is 0 Å². The Bertz CT molecular complexity index is 202. The SMILES string of the molecule is CNC1=CC=CC(NC)(NC)C1. The maximum Gasteiger partial charge on any atom is 0.0932 e. The molecule has 0 bridgehead atoms. The van der Waals surface area contributed by atoms with Gasteiger partial charge in [0.05, 0.1) is 5.66 Å². The molecular weight excluding hydrogens is 150 g/mol. The van der Waals surface area contributed by atoms with Gasteiger partial charge in [-0.1, -0.05) is 6.08 Å². The van der Waals surface area contributed by atoms with Crippen LogP contribution in [0.15, 0.2) is 23.9 Å². The van der Waals surface area contributed by atoms with Gasteiger partial charge in [-0.25, -0.2) is 0 Å². The van der Waals surface area contributed by atoms with Crippen LogP contribution in [-0.2, 0) is 0 Å². The smallest absolute Gasteiger partial charge is 0.0932 e. The molecule has 0 saturated heterocycles. The van der Waals surface area contributed by atoms with Crippen LogP contribution in [-0.4, -0.2) is 26.8 Å². The third-order valence-electron chi connectivity index (χ3n) is 2.36. The van der Waals surface area contributed by atoms with E-state index in [1.54, 1.807) is 0 Å². The van der Waals surface area contributed by atoms with Crippen molar-refractivity contribution in [3.63, 3.8) is 0 Å². The fourth-order valence-corrected chi connectivity index (χ4v) is 1.39. The summed E-state index contributed by atoms with van der Waals surface area (Å²) in [5.74, 6) is 0. The van der Waals surface area contributed by atoms with Gasteiger partial charge in [-0.2, -0.15) is 0 Å². The molecule has 1 aliphatic carbocycles. The van der Waals surface area contributed by atoms with Crippen molar-refractivity contribution in [1.29, 1.82) is 0 Å². The van der Waals surface area contributed by atoms with E-state index < -0.39 is 0 Å². The number of hydrogen-bond donors (Lipinski definition) is 3. The van der Waals surface area contributed by atoms with E-state index in [-0.39, 0.29) is 5.66 Å². The quantitative estimate of drug-likeness (QED) is 0.525. The summed E-state index contributed by atoms with van der Waals surface area (Å²) in [4.78, 5) is 0. The number of allylic oxidation sites excluding steroid dienone is 2. The Morgan fingerprint density at radius 2 is 1.92 bits per heavy atom. The van der Waals surface area contributed by atoms with Crippen molar-refractivity contribution < 1.29 is 0 Å². The lowest BCUT2D eigenvalue weighted by molar-refractivity contribution is 0.363. The lowest BCUT2D eigenvalue weighted by Crippen LogP contribution is -2.53. The first-order valence-corrected chi connectivity index (χ1v) is 4.20. The lowest BCUT2D eigenvalue weighted by Gasteiger charge is -2.33. The monoisotopic (exact) mass is 167 g/mol. The largest absolute Gasteiger partial charge is 0.391 e. The molecule has 1 rings (SSSR count). The van der Waals surface area contributed by atoms with Crippen molar-refractivity contribution >= 4 is 0 Å². The Kier molecular flexibility index (Phi) is 2.89. The molecule has 3 N–H and O–H groups in total. The molecule has 1 aliphatic rings. The van der Waals surface area contributed by atoms with Crippen molar-refractivity contribution in [1.82, 2.24) is 16.0 Å². The van der Waals surface area contributed by atoms with Gasteiger partial charge in [-0.15, -0.1) is 0 Å². The molecular formula is C9H17N3. The van der Waals surface area contributed by atoms with Gasteiger partial charge >= 0.3 is 0 Å². The Labute approximate surface area is 73.9 Å². The van der Waals surface area contributed by atoms with Crippen molar-refractivity contribution in [2.24, 2.45) is 0 Å². The van der Waals surface area contributed by atoms with E-state index in [0.29, 0.717) is 0 Å². The molecule has 0 fully saturated rings. The van der Waals surface area contributed by atoms with E-state index in [1.807, 2.05) is 21.1 Å². The maximum absolute atomic E-state index is 3.25. The molecule has 0 aromatic heterocycles. The van der Waals surface area contributed by atoms with Crippen LogP contribution in [0.25, 0.3) is 0 Å². The van der Waals surface area contributed by atoms with Gasteiger partial charge in [0.15, 0.2) is 0 Å². The molecule has 0 unspecified atom stereocenters. The second kappa shape index (κ2) is 3.74. The van der Waals surface area contributed by atoms with Gasteiger partial charge in [0.2, 0.25) is 0 Å². The van der Waals surface area contributed by atoms with Crippen LogP contribution in [0.3, 0.4) is 0 Å². The van der Waals surface area contributed by atoms with Crippen molar-refractivity contribution in [2.75, 3.05) is 21.1 Å². The number of hydrogen-bond acceptors (Lipinski definition) is 3. The topological polar surface area (TPSA) is 36.1 Å². The van der Waals surface area contributed by atoms with Crippen LogP contribution in [0, 0.1) is 0 Å². The highest BCUT2D eigenvalue weighted by Gasteiger charge is 2.25. The molecule has 0 radical (unpaired) electrons. The van der Waals surface area contributed by atoms with Crippen LogP contribution in [0.4, 0.5) is 0 Å². The summed E-state index contributed by atoms with van der Waals surface area (Å²) < 4.78 is 0. The highest BCUT2D eigenvalue weighted by molar-refractivity contribution is 5.25. The molecule has 68 valence electrons. The molecule has 0 atom stereocenters. The molecule has 3 heteroatoms. The first kappa shape index (κ1) is 9.29. The van der Waals surface area contributed by atoms with Crippen LogP contribution < -0.4 is 16.0 Å². The van der Waals surface area contributed by atoms with Crippen molar-refractivity contribution in [3.8, 4) is 0 Å². The molecule has 0 saturated carbocycles. The van der Waals surface area contributed by atoms with E-state index in [0.717, 1.165) is 6.42 Å². The Morgan fingerprint density at radius 1 is 1.25 bits per heavy atom. The molecule has 0 aromatic rings. The molecule has 3 nitrogen and oxygen atoms in total. The molecule has 12 heavy (non-hydrogen) atoms. The minimum Gasteiger partial charge on any atom is -0.391 e. The second-order valence-corrected chi connectivity index (χ2v) is 2.95. The van der Waals surface area contributed by atoms with Crippen molar-refractivity contribution in [3.05, 3.63) is 23.9 Å². The standard InChI is InChI=1S/C9H17N3/c1-10-8-5-4-6-9(7-8,11-2)12-3/h4-6,10-12H,7H2,1-3H3. The summed E-state index contributed by atoms with van der Waals surface area (Å²) in [6, 6.07) is 0. The average Bonchev–Trinajstić information content (AvgIpc) is 2.18. The fraction of sp³-hybridized carbons (Fsp3) is 0.556. The summed E-state index contributed by atoms with van der Waals surface area (Å²) >= 11 is 0. The Morgan fingerprint density at radius 3 is 2.42 bits per heavy atom. The minimum absolute atomic E-state index is 0.0763. The molecule has 0 amide bonds. The van der Waals surface area contributed by atoms with Gasteiger partial charge in [0.1, 0.15) is 0 Å². The lowest BCUT2D eigenvalue weighted by atomic mass is 9.98. The third kappa shape index (κ3) is 1.68. The second-order valence-electron chi connectivity index (χ2n) is 2.95. The molecule has 0 aliphatic heterocycles. The van der Waals surface area contributed by atoms with E-state index in [2.05, 4.69) is 34.2 Å². The van der Waals surface area contributed by atoms with Gasteiger partial charge < -0.3 is 5.32 Å². The maximum atomic E-state index is 3.25. The predicted octanol–water partition coefficient (Wildman–Crippen LogP) is 0.185. The first-order chi connectivity index (χ1) is 5.76. The highest BCUT2D eigenvalue weighted by Crippen LogP contribution is 2.17. The van der Waals surface area contributed by atoms with Gasteiger partial charge in [0.25, 0.3) is 0 Å². The number of nitrogens with one attached hydrogen (secondary N) is 3. The van der Waals surface area contributed by atoms with Crippen LogP contribution in [0.1, 0.15) is 6.42 Å². The zero-order valence-corrected chi connectivity index (χ0v) is 7.94. The Balaban J connectivity index is 2.73. The fourth-order valence-electron chi connectivity index (χ4n) is 1.39. The zero-order chi connectivity index (χ0) is 9.03. The highest BCUT2D eigenvalue weighted by atomic mass is 15.2. The Hall–Kier alpha value is -0.800. The normalized spacial score (nSPS) is 20.4.